The van der Waals surface area contributed by atoms with Crippen molar-refractivity contribution >= 4 is 17.5 Å². The quantitative estimate of drug-likeness (QED) is 0.910. The summed E-state index contributed by atoms with van der Waals surface area (Å²) in [5, 5.41) is 14.3. The Bertz CT molecular complexity index is 803. The van der Waals surface area contributed by atoms with E-state index in [0.29, 0.717) is 30.3 Å². The van der Waals surface area contributed by atoms with Gasteiger partial charge in [0.05, 0.1) is 31.4 Å². The van der Waals surface area contributed by atoms with Crippen LogP contribution in [0.3, 0.4) is 0 Å². The first-order chi connectivity index (χ1) is 11.9. The van der Waals surface area contributed by atoms with Crippen molar-refractivity contribution in [2.45, 2.75) is 26.3 Å². The van der Waals surface area contributed by atoms with Gasteiger partial charge in [0.25, 0.3) is 0 Å². The van der Waals surface area contributed by atoms with Crippen molar-refractivity contribution in [2.75, 3.05) is 19.8 Å². The third-order valence-electron chi connectivity index (χ3n) is 4.73. The van der Waals surface area contributed by atoms with Gasteiger partial charge in [-0.1, -0.05) is 17.7 Å². The maximum atomic E-state index is 12.9. The number of hydrogen-bond donors (Lipinski definition) is 1. The van der Waals surface area contributed by atoms with Crippen LogP contribution in [0.1, 0.15) is 28.6 Å². The van der Waals surface area contributed by atoms with Crippen molar-refractivity contribution in [3.05, 3.63) is 45.7 Å². The number of carbonyl (C=O) groups excluding carboxylic acids is 1. The summed E-state index contributed by atoms with van der Waals surface area (Å²) < 4.78 is 7.47. The number of hydrogen-bond acceptors (Lipinski definition) is 4. The van der Waals surface area contributed by atoms with Crippen LogP contribution in [-0.2, 0) is 23.0 Å². The van der Waals surface area contributed by atoms with E-state index in [9.17, 15) is 9.90 Å². The molecule has 2 aromatic rings. The number of amides is 1. The number of aromatic nitrogens is 2. The zero-order chi connectivity index (χ0) is 18.1. The molecule has 1 aromatic carbocycles. The summed E-state index contributed by atoms with van der Waals surface area (Å²) in [5.41, 5.74) is 3.70. The third-order valence-corrected chi connectivity index (χ3v) is 5.08. The molecule has 1 atom stereocenters. The number of nitrogens with zero attached hydrogens (tertiary/aromatic N) is 3. The molecule has 2 heterocycles. The first-order valence-electron chi connectivity index (χ1n) is 8.23. The number of morpholine rings is 1. The Morgan fingerprint density at radius 2 is 2.20 bits per heavy atom. The highest BCUT2D eigenvalue weighted by Crippen LogP contribution is 2.30. The van der Waals surface area contributed by atoms with Gasteiger partial charge in [0.1, 0.15) is 5.75 Å². The van der Waals surface area contributed by atoms with E-state index < -0.39 is 0 Å². The standard InChI is InChI=1S/C18H22ClN3O3/c1-11-18(12(2)21(3)20-11)16-10-25-7-6-22(16)17(24)8-13-4-5-14(23)9-15(13)19/h4-5,9,16,23H,6-8,10H2,1-3H3. The molecule has 134 valence electrons. The van der Waals surface area contributed by atoms with Crippen LogP contribution < -0.4 is 0 Å². The van der Waals surface area contributed by atoms with Crippen molar-refractivity contribution in [3.63, 3.8) is 0 Å². The molecule has 1 aliphatic rings. The summed E-state index contributed by atoms with van der Waals surface area (Å²) >= 11 is 6.15. The summed E-state index contributed by atoms with van der Waals surface area (Å²) in [5.74, 6) is 0.0793. The molecule has 6 nitrogen and oxygen atoms in total. The fraction of sp³-hybridized carbons (Fsp3) is 0.444. The van der Waals surface area contributed by atoms with Crippen molar-refractivity contribution in [2.24, 2.45) is 7.05 Å². The molecule has 0 aliphatic carbocycles. The Hall–Kier alpha value is -2.05. The number of phenols is 1. The van der Waals surface area contributed by atoms with Gasteiger partial charge in [0, 0.05) is 29.9 Å². The van der Waals surface area contributed by atoms with Gasteiger partial charge in [0.15, 0.2) is 0 Å². The summed E-state index contributed by atoms with van der Waals surface area (Å²) in [6, 6.07) is 4.54. The van der Waals surface area contributed by atoms with E-state index in [1.807, 2.05) is 30.5 Å². The summed E-state index contributed by atoms with van der Waals surface area (Å²) in [6.07, 6.45) is 0.188. The van der Waals surface area contributed by atoms with E-state index in [2.05, 4.69) is 5.10 Å². The zero-order valence-electron chi connectivity index (χ0n) is 14.6. The van der Waals surface area contributed by atoms with Gasteiger partial charge in [-0.2, -0.15) is 5.10 Å². The maximum absolute atomic E-state index is 12.9. The molecule has 0 spiro atoms. The molecule has 1 N–H and O–H groups in total. The Morgan fingerprint density at radius 1 is 1.44 bits per heavy atom. The fourth-order valence-corrected chi connectivity index (χ4v) is 3.60. The van der Waals surface area contributed by atoms with E-state index in [4.69, 9.17) is 16.3 Å². The summed E-state index contributed by atoms with van der Waals surface area (Å²) in [7, 11) is 1.90. The van der Waals surface area contributed by atoms with Gasteiger partial charge in [-0.05, 0) is 31.5 Å². The molecule has 0 radical (unpaired) electrons. The normalized spacial score (nSPS) is 17.8. The Balaban J connectivity index is 1.86. The first kappa shape index (κ1) is 17.8. The summed E-state index contributed by atoms with van der Waals surface area (Å²) in [4.78, 5) is 14.8. The van der Waals surface area contributed by atoms with E-state index in [1.54, 1.807) is 12.1 Å². The molecule has 1 amide bonds. The van der Waals surface area contributed by atoms with Gasteiger partial charge >= 0.3 is 0 Å². The van der Waals surface area contributed by atoms with Crippen LogP contribution in [0.25, 0.3) is 0 Å². The predicted molar refractivity (Wildman–Crippen MR) is 94.8 cm³/mol. The Kier molecular flexibility index (Phi) is 5.01. The van der Waals surface area contributed by atoms with Gasteiger partial charge in [-0.15, -0.1) is 0 Å². The highest BCUT2D eigenvalue weighted by molar-refractivity contribution is 6.31. The minimum absolute atomic E-state index is 0.0106. The van der Waals surface area contributed by atoms with Crippen molar-refractivity contribution in [3.8, 4) is 5.75 Å². The molecule has 1 fully saturated rings. The Labute approximate surface area is 152 Å². The number of ether oxygens (including phenoxy) is 1. The van der Waals surface area contributed by atoms with Gasteiger partial charge in [-0.25, -0.2) is 0 Å². The van der Waals surface area contributed by atoms with E-state index in [-0.39, 0.29) is 24.1 Å². The molecule has 0 bridgehead atoms. The smallest absolute Gasteiger partial charge is 0.227 e. The van der Waals surface area contributed by atoms with E-state index in [0.717, 1.165) is 17.0 Å². The largest absolute Gasteiger partial charge is 0.508 e. The van der Waals surface area contributed by atoms with Crippen molar-refractivity contribution in [1.82, 2.24) is 14.7 Å². The SMILES string of the molecule is Cc1nn(C)c(C)c1C1COCCN1C(=O)Cc1ccc(O)cc1Cl. The maximum Gasteiger partial charge on any atom is 0.227 e. The number of rotatable bonds is 3. The lowest BCUT2D eigenvalue weighted by molar-refractivity contribution is -0.139. The number of halogens is 1. The number of carbonyl (C=O) groups is 1. The van der Waals surface area contributed by atoms with Gasteiger partial charge < -0.3 is 14.7 Å². The van der Waals surface area contributed by atoms with Crippen molar-refractivity contribution in [1.29, 1.82) is 0 Å². The lowest BCUT2D eigenvalue weighted by Gasteiger charge is -2.36. The van der Waals surface area contributed by atoms with E-state index in [1.165, 1.54) is 6.07 Å². The highest BCUT2D eigenvalue weighted by Gasteiger charge is 2.32. The van der Waals surface area contributed by atoms with Crippen LogP contribution in [-0.4, -0.2) is 45.5 Å². The molecule has 1 aromatic heterocycles. The molecule has 3 rings (SSSR count). The van der Waals surface area contributed by atoms with Crippen LogP contribution in [0.2, 0.25) is 5.02 Å². The number of aromatic hydroxyl groups is 1. The van der Waals surface area contributed by atoms with Gasteiger partial charge in [0.2, 0.25) is 5.91 Å². The van der Waals surface area contributed by atoms with Crippen LogP contribution in [0.4, 0.5) is 0 Å². The monoisotopic (exact) mass is 363 g/mol. The zero-order valence-corrected chi connectivity index (χ0v) is 15.4. The van der Waals surface area contributed by atoms with Gasteiger partial charge in [-0.3, -0.25) is 9.48 Å². The molecular weight excluding hydrogens is 342 g/mol. The molecule has 0 saturated carbocycles. The number of phenolic OH excluding ortho intramolecular Hbond substituents is 1. The lowest BCUT2D eigenvalue weighted by atomic mass is 10.0. The second-order valence-electron chi connectivity index (χ2n) is 6.34. The molecule has 1 saturated heterocycles. The van der Waals surface area contributed by atoms with Crippen LogP contribution in [0.5, 0.6) is 5.75 Å². The molecule has 25 heavy (non-hydrogen) atoms. The second kappa shape index (κ2) is 7.06. The second-order valence-corrected chi connectivity index (χ2v) is 6.75. The fourth-order valence-electron chi connectivity index (χ4n) is 3.36. The molecular formula is C18H22ClN3O3. The van der Waals surface area contributed by atoms with Crippen LogP contribution in [0.15, 0.2) is 18.2 Å². The highest BCUT2D eigenvalue weighted by atomic mass is 35.5. The molecule has 7 heteroatoms. The molecule has 1 unspecified atom stereocenters. The van der Waals surface area contributed by atoms with Crippen molar-refractivity contribution < 1.29 is 14.6 Å². The first-order valence-corrected chi connectivity index (χ1v) is 8.61. The number of benzene rings is 1. The van der Waals surface area contributed by atoms with Crippen LogP contribution in [0, 0.1) is 13.8 Å². The minimum Gasteiger partial charge on any atom is -0.508 e. The Morgan fingerprint density at radius 3 is 2.84 bits per heavy atom. The minimum atomic E-state index is -0.147. The predicted octanol–water partition coefficient (Wildman–Crippen LogP) is 2.54. The summed E-state index contributed by atoms with van der Waals surface area (Å²) in [6.45, 7) is 5.47. The average molecular weight is 364 g/mol. The topological polar surface area (TPSA) is 67.6 Å². The lowest BCUT2D eigenvalue weighted by Crippen LogP contribution is -2.44. The average Bonchev–Trinajstić information content (AvgIpc) is 2.82. The number of aryl methyl sites for hydroxylation is 2. The van der Waals surface area contributed by atoms with Crippen LogP contribution >= 0.6 is 11.6 Å². The molecule has 1 aliphatic heterocycles. The van der Waals surface area contributed by atoms with E-state index >= 15 is 0 Å². The third kappa shape index (κ3) is 3.50.